The van der Waals surface area contributed by atoms with Crippen LogP contribution in [0.3, 0.4) is 0 Å². The quantitative estimate of drug-likeness (QED) is 0.212. The van der Waals surface area contributed by atoms with Crippen LogP contribution >= 0.6 is 0 Å². The monoisotopic (exact) mass is 410 g/mol. The number of benzene rings is 1. The molecule has 0 amide bonds. The van der Waals surface area contributed by atoms with Crippen molar-refractivity contribution in [2.45, 2.75) is 123 Å². The van der Waals surface area contributed by atoms with Gasteiger partial charge in [0.1, 0.15) is 5.82 Å². The maximum atomic E-state index is 4.59. The van der Waals surface area contributed by atoms with Crippen molar-refractivity contribution in [2.75, 3.05) is 0 Å². The maximum Gasteiger partial charge on any atom is 0.108 e. The highest BCUT2D eigenvalue weighted by Crippen LogP contribution is 2.14. The van der Waals surface area contributed by atoms with Gasteiger partial charge in [-0.05, 0) is 24.8 Å². The van der Waals surface area contributed by atoms with Crippen molar-refractivity contribution in [2.24, 2.45) is 0 Å². The third-order valence-corrected chi connectivity index (χ3v) is 6.26. The second-order valence-corrected chi connectivity index (χ2v) is 8.97. The number of aromatic nitrogens is 2. The first-order valence-electron chi connectivity index (χ1n) is 12.9. The van der Waals surface area contributed by atoms with Crippen LogP contribution in [0.4, 0.5) is 0 Å². The topological polar surface area (TPSA) is 17.8 Å². The van der Waals surface area contributed by atoms with Crippen LogP contribution < -0.4 is 0 Å². The minimum atomic E-state index is 1.08. The number of nitrogens with zero attached hydrogens (tertiary/aromatic N) is 2. The van der Waals surface area contributed by atoms with Gasteiger partial charge in [-0.2, -0.15) is 0 Å². The van der Waals surface area contributed by atoms with Gasteiger partial charge < -0.3 is 4.57 Å². The zero-order chi connectivity index (χ0) is 21.1. The molecule has 1 heterocycles. The van der Waals surface area contributed by atoms with Crippen LogP contribution in [-0.4, -0.2) is 9.55 Å². The molecule has 0 spiro atoms. The van der Waals surface area contributed by atoms with Crippen LogP contribution in [0.1, 0.15) is 115 Å². The van der Waals surface area contributed by atoms with Crippen molar-refractivity contribution >= 4 is 0 Å². The number of rotatable bonds is 19. The molecule has 0 unspecified atom stereocenters. The fraction of sp³-hybridized carbons (Fsp3) is 0.679. The van der Waals surface area contributed by atoms with Crippen molar-refractivity contribution < 1.29 is 0 Å². The third kappa shape index (κ3) is 11.6. The van der Waals surface area contributed by atoms with E-state index >= 15 is 0 Å². The lowest BCUT2D eigenvalue weighted by Gasteiger charge is -2.08. The van der Waals surface area contributed by atoms with Gasteiger partial charge in [-0.1, -0.05) is 121 Å². The van der Waals surface area contributed by atoms with E-state index in [1.54, 1.807) is 0 Å². The summed E-state index contributed by atoms with van der Waals surface area (Å²) in [6.45, 7) is 3.43. The Morgan fingerprint density at radius 3 is 1.80 bits per heavy atom. The van der Waals surface area contributed by atoms with Gasteiger partial charge in [0, 0.05) is 25.4 Å². The van der Waals surface area contributed by atoms with Crippen molar-refractivity contribution in [1.29, 1.82) is 0 Å². The van der Waals surface area contributed by atoms with E-state index in [9.17, 15) is 0 Å². The third-order valence-electron chi connectivity index (χ3n) is 6.26. The normalized spacial score (nSPS) is 11.2. The Morgan fingerprint density at radius 1 is 0.633 bits per heavy atom. The number of aryl methyl sites for hydroxylation is 3. The Morgan fingerprint density at radius 2 is 1.20 bits per heavy atom. The van der Waals surface area contributed by atoms with Gasteiger partial charge >= 0.3 is 0 Å². The molecule has 0 fully saturated rings. The zero-order valence-electron chi connectivity index (χ0n) is 19.7. The summed E-state index contributed by atoms with van der Waals surface area (Å²) in [5.74, 6) is 1.26. The summed E-state index contributed by atoms with van der Waals surface area (Å²) in [7, 11) is 0. The molecule has 0 aliphatic carbocycles. The molecule has 1 aromatic carbocycles. The molecule has 0 aliphatic rings. The van der Waals surface area contributed by atoms with Crippen molar-refractivity contribution in [3.05, 3.63) is 54.1 Å². The van der Waals surface area contributed by atoms with Crippen LogP contribution in [0.2, 0.25) is 0 Å². The van der Waals surface area contributed by atoms with E-state index in [1.807, 2.05) is 6.20 Å². The molecule has 0 aliphatic heterocycles. The Hall–Kier alpha value is -1.57. The second kappa shape index (κ2) is 17.1. The Kier molecular flexibility index (Phi) is 14.1. The summed E-state index contributed by atoms with van der Waals surface area (Å²) in [6, 6.07) is 10.8. The molecule has 168 valence electrons. The van der Waals surface area contributed by atoms with E-state index in [0.29, 0.717) is 0 Å². The Bertz CT molecular complexity index is 617. The van der Waals surface area contributed by atoms with Gasteiger partial charge in [0.25, 0.3) is 0 Å². The molecule has 0 bridgehead atoms. The van der Waals surface area contributed by atoms with Crippen LogP contribution in [0.15, 0.2) is 42.7 Å². The predicted octanol–water partition coefficient (Wildman–Crippen LogP) is 8.54. The lowest BCUT2D eigenvalue weighted by atomic mass is 10.0. The van der Waals surface area contributed by atoms with E-state index < -0.39 is 0 Å². The summed E-state index contributed by atoms with van der Waals surface area (Å²) < 4.78 is 2.38. The molecule has 2 heteroatoms. The molecule has 30 heavy (non-hydrogen) atoms. The summed E-state index contributed by atoms with van der Waals surface area (Å²) in [6.07, 6.45) is 27.4. The molecule has 0 saturated heterocycles. The number of unbranched alkanes of at least 4 members (excludes halogenated alkanes) is 13. The molecule has 2 aromatic rings. The lowest BCUT2D eigenvalue weighted by molar-refractivity contribution is 0.519. The van der Waals surface area contributed by atoms with Crippen molar-refractivity contribution in [3.63, 3.8) is 0 Å². The summed E-state index contributed by atoms with van der Waals surface area (Å²) in [5.41, 5.74) is 1.43. The second-order valence-electron chi connectivity index (χ2n) is 8.97. The fourth-order valence-electron chi connectivity index (χ4n) is 4.34. The minimum absolute atomic E-state index is 1.08. The molecular formula is C28H46N2. The molecule has 0 N–H and O–H groups in total. The SMILES string of the molecule is CCCCCCCCCCCCCCCCn1ccnc1CCCc1ccccc1. The van der Waals surface area contributed by atoms with Crippen molar-refractivity contribution in [3.8, 4) is 0 Å². The van der Waals surface area contributed by atoms with Crippen LogP contribution in [-0.2, 0) is 19.4 Å². The highest BCUT2D eigenvalue weighted by atomic mass is 15.1. The van der Waals surface area contributed by atoms with Gasteiger partial charge in [-0.3, -0.25) is 0 Å². The Balaban J connectivity index is 1.41. The molecule has 2 rings (SSSR count). The summed E-state index contributed by atoms with van der Waals surface area (Å²) >= 11 is 0. The number of hydrogen-bond donors (Lipinski definition) is 0. The van der Waals surface area contributed by atoms with Gasteiger partial charge in [0.2, 0.25) is 0 Å². The highest BCUT2D eigenvalue weighted by Gasteiger charge is 2.03. The molecule has 0 saturated carbocycles. The fourth-order valence-corrected chi connectivity index (χ4v) is 4.34. The van der Waals surface area contributed by atoms with E-state index in [1.165, 1.54) is 108 Å². The summed E-state index contributed by atoms with van der Waals surface area (Å²) in [4.78, 5) is 4.59. The molecule has 0 radical (unpaired) electrons. The van der Waals surface area contributed by atoms with Crippen LogP contribution in [0.25, 0.3) is 0 Å². The average molecular weight is 411 g/mol. The maximum absolute atomic E-state index is 4.59. The highest BCUT2D eigenvalue weighted by molar-refractivity contribution is 5.14. The molecular weight excluding hydrogens is 364 g/mol. The zero-order valence-corrected chi connectivity index (χ0v) is 19.7. The van der Waals surface area contributed by atoms with Crippen molar-refractivity contribution in [1.82, 2.24) is 9.55 Å². The van der Waals surface area contributed by atoms with Gasteiger partial charge in [0.15, 0.2) is 0 Å². The molecule has 1 aromatic heterocycles. The van der Waals surface area contributed by atoms with Crippen LogP contribution in [0, 0.1) is 0 Å². The van der Waals surface area contributed by atoms with E-state index in [4.69, 9.17) is 0 Å². The van der Waals surface area contributed by atoms with Gasteiger partial charge in [-0.15, -0.1) is 0 Å². The standard InChI is InChI=1S/C28H46N2/c1-2-3-4-5-6-7-8-9-10-11-12-13-14-18-25-30-26-24-29-28(30)23-19-22-27-20-16-15-17-21-27/h15-17,20-21,24,26H,2-14,18-19,22-23,25H2,1H3. The van der Waals surface area contributed by atoms with Crippen LogP contribution in [0.5, 0.6) is 0 Å². The van der Waals surface area contributed by atoms with Gasteiger partial charge in [-0.25, -0.2) is 4.98 Å². The Labute approximate surface area is 186 Å². The first-order chi connectivity index (χ1) is 14.9. The van der Waals surface area contributed by atoms with E-state index in [2.05, 4.69) is 53.0 Å². The lowest BCUT2D eigenvalue weighted by Crippen LogP contribution is -2.04. The first-order valence-corrected chi connectivity index (χ1v) is 12.9. The first kappa shape index (κ1) is 24.7. The molecule has 2 nitrogen and oxygen atoms in total. The summed E-state index contributed by atoms with van der Waals surface area (Å²) in [5, 5.41) is 0. The molecule has 0 atom stereocenters. The minimum Gasteiger partial charge on any atom is -0.335 e. The smallest absolute Gasteiger partial charge is 0.108 e. The number of hydrogen-bond acceptors (Lipinski definition) is 1. The number of imidazole rings is 1. The average Bonchev–Trinajstić information content (AvgIpc) is 3.22. The van der Waals surface area contributed by atoms with E-state index in [-0.39, 0.29) is 0 Å². The predicted molar refractivity (Wildman–Crippen MR) is 131 cm³/mol. The van der Waals surface area contributed by atoms with E-state index in [0.717, 1.165) is 19.4 Å². The van der Waals surface area contributed by atoms with Gasteiger partial charge in [0.05, 0.1) is 0 Å². The largest absolute Gasteiger partial charge is 0.335 e.